The van der Waals surface area contributed by atoms with Crippen LogP contribution in [0.2, 0.25) is 0 Å². The number of rotatable bonds is 3. The minimum atomic E-state index is 0.0944. The van der Waals surface area contributed by atoms with Gasteiger partial charge in [0.15, 0.2) is 0 Å². The third-order valence-corrected chi connectivity index (χ3v) is 4.67. The molecule has 21 heavy (non-hydrogen) atoms. The number of nitrogens with zero attached hydrogens (tertiary/aromatic N) is 3. The number of hydrogen-bond acceptors (Lipinski definition) is 3. The number of aromatic nitrogens is 2. The van der Waals surface area contributed by atoms with Gasteiger partial charge >= 0.3 is 0 Å². The normalized spacial score (nSPS) is 19.3. The second-order valence-corrected chi connectivity index (χ2v) is 6.32. The van der Waals surface area contributed by atoms with Crippen molar-refractivity contribution in [2.24, 2.45) is 7.05 Å². The van der Waals surface area contributed by atoms with Crippen LogP contribution in [0.15, 0.2) is 36.0 Å². The third-order valence-electron chi connectivity index (χ3n) is 3.83. The summed E-state index contributed by atoms with van der Waals surface area (Å²) in [6.45, 7) is 0.827. The van der Waals surface area contributed by atoms with Crippen LogP contribution in [0.5, 0.6) is 0 Å². The van der Waals surface area contributed by atoms with Gasteiger partial charge in [-0.05, 0) is 36.8 Å². The Morgan fingerprint density at radius 1 is 1.48 bits per heavy atom. The van der Waals surface area contributed by atoms with Crippen molar-refractivity contribution in [2.45, 2.75) is 25.3 Å². The van der Waals surface area contributed by atoms with E-state index in [2.05, 4.69) is 5.10 Å². The van der Waals surface area contributed by atoms with Gasteiger partial charge in [0.05, 0.1) is 12.2 Å². The Hall–Kier alpha value is -1.88. The van der Waals surface area contributed by atoms with E-state index in [0.717, 1.165) is 36.2 Å². The summed E-state index contributed by atoms with van der Waals surface area (Å²) in [4.78, 5) is 15.6. The second kappa shape index (κ2) is 6.26. The molecule has 1 amide bonds. The van der Waals surface area contributed by atoms with Crippen LogP contribution in [0.25, 0.3) is 6.08 Å². The number of likely N-dealkylation sites (tertiary alicyclic amines) is 1. The summed E-state index contributed by atoms with van der Waals surface area (Å²) in [5.41, 5.74) is 1.13. The molecule has 1 atom stereocenters. The van der Waals surface area contributed by atoms with Gasteiger partial charge < -0.3 is 4.90 Å². The number of carbonyl (C=O) groups is 1. The van der Waals surface area contributed by atoms with E-state index in [1.54, 1.807) is 22.1 Å². The first kappa shape index (κ1) is 14.1. The second-order valence-electron chi connectivity index (χ2n) is 5.34. The molecule has 110 valence electrons. The van der Waals surface area contributed by atoms with Crippen LogP contribution in [0.1, 0.15) is 35.7 Å². The highest BCUT2D eigenvalue weighted by atomic mass is 32.1. The van der Waals surface area contributed by atoms with Gasteiger partial charge in [0.2, 0.25) is 5.91 Å². The molecular weight excluding hydrogens is 282 g/mol. The zero-order valence-electron chi connectivity index (χ0n) is 12.1. The van der Waals surface area contributed by atoms with Crippen molar-refractivity contribution >= 4 is 23.3 Å². The number of amides is 1. The molecule has 0 radical (unpaired) electrons. The summed E-state index contributed by atoms with van der Waals surface area (Å²) in [5.74, 6) is 0.0944. The fraction of sp³-hybridized carbons (Fsp3) is 0.375. The molecule has 0 spiro atoms. The molecule has 0 unspecified atom stereocenters. The van der Waals surface area contributed by atoms with Gasteiger partial charge in [-0.25, -0.2) is 0 Å². The Bertz CT molecular complexity index is 630. The lowest BCUT2D eigenvalue weighted by Gasteiger charge is -2.34. The molecule has 0 saturated carbocycles. The molecule has 1 fully saturated rings. The summed E-state index contributed by atoms with van der Waals surface area (Å²) in [7, 11) is 1.91. The molecule has 0 N–H and O–H groups in total. The maximum Gasteiger partial charge on any atom is 0.247 e. The number of piperidine rings is 1. The Labute approximate surface area is 128 Å². The molecule has 1 saturated heterocycles. The van der Waals surface area contributed by atoms with E-state index in [4.69, 9.17) is 0 Å². The quantitative estimate of drug-likeness (QED) is 0.816. The lowest BCUT2D eigenvalue weighted by atomic mass is 9.97. The van der Waals surface area contributed by atoms with Crippen LogP contribution in [-0.2, 0) is 11.8 Å². The SMILES string of the molecule is Cn1cc([C@@H]2CCCCN2C(=O)/C=C/c2cccs2)cn1. The maximum atomic E-state index is 12.5. The maximum absolute atomic E-state index is 12.5. The molecule has 5 heteroatoms. The van der Waals surface area contributed by atoms with Crippen LogP contribution in [0, 0.1) is 0 Å². The first-order valence-electron chi connectivity index (χ1n) is 7.25. The number of hydrogen-bond donors (Lipinski definition) is 0. The summed E-state index contributed by atoms with van der Waals surface area (Å²) in [6.07, 6.45) is 10.7. The first-order chi connectivity index (χ1) is 10.2. The molecule has 0 bridgehead atoms. The predicted molar refractivity (Wildman–Crippen MR) is 84.9 cm³/mol. The zero-order chi connectivity index (χ0) is 14.7. The highest BCUT2D eigenvalue weighted by Gasteiger charge is 2.27. The van der Waals surface area contributed by atoms with E-state index < -0.39 is 0 Å². The molecule has 3 rings (SSSR count). The van der Waals surface area contributed by atoms with Gasteiger partial charge in [-0.3, -0.25) is 9.48 Å². The average Bonchev–Trinajstić information content (AvgIpc) is 3.16. The standard InChI is InChI=1S/C16H19N3OS/c1-18-12-13(11-17-18)15-6-2-3-9-19(15)16(20)8-7-14-5-4-10-21-14/h4-5,7-8,10-12,15H,2-3,6,9H2,1H3/b8-7+/t15-/m0/s1. The van der Waals surface area contributed by atoms with Crippen molar-refractivity contribution in [2.75, 3.05) is 6.54 Å². The highest BCUT2D eigenvalue weighted by Crippen LogP contribution is 2.30. The van der Waals surface area contributed by atoms with E-state index in [1.807, 2.05) is 47.9 Å². The van der Waals surface area contributed by atoms with Crippen molar-refractivity contribution in [1.29, 1.82) is 0 Å². The Morgan fingerprint density at radius 3 is 3.10 bits per heavy atom. The molecule has 1 aliphatic heterocycles. The summed E-state index contributed by atoms with van der Waals surface area (Å²) in [5, 5.41) is 6.25. The van der Waals surface area contributed by atoms with Crippen molar-refractivity contribution in [3.8, 4) is 0 Å². The lowest BCUT2D eigenvalue weighted by molar-refractivity contribution is -0.129. The number of aryl methyl sites for hydroxylation is 1. The highest BCUT2D eigenvalue weighted by molar-refractivity contribution is 7.10. The molecule has 1 aliphatic rings. The zero-order valence-corrected chi connectivity index (χ0v) is 12.9. The van der Waals surface area contributed by atoms with Gasteiger partial charge in [0.1, 0.15) is 0 Å². The van der Waals surface area contributed by atoms with E-state index in [0.29, 0.717) is 0 Å². The number of carbonyl (C=O) groups excluding carboxylic acids is 1. The molecule has 2 aromatic heterocycles. The minimum Gasteiger partial charge on any atom is -0.332 e. The van der Waals surface area contributed by atoms with Gasteiger partial charge in [0, 0.05) is 36.3 Å². The van der Waals surface area contributed by atoms with E-state index in [-0.39, 0.29) is 11.9 Å². The summed E-state index contributed by atoms with van der Waals surface area (Å²) in [6, 6.07) is 4.17. The van der Waals surface area contributed by atoms with Gasteiger partial charge in [0.25, 0.3) is 0 Å². The molecule has 0 aliphatic carbocycles. The molecule has 2 aromatic rings. The predicted octanol–water partition coefficient (Wildman–Crippen LogP) is 3.25. The van der Waals surface area contributed by atoms with E-state index in [9.17, 15) is 4.79 Å². The van der Waals surface area contributed by atoms with Crippen LogP contribution >= 0.6 is 11.3 Å². The average molecular weight is 301 g/mol. The van der Waals surface area contributed by atoms with Crippen LogP contribution < -0.4 is 0 Å². The fourth-order valence-corrected chi connectivity index (χ4v) is 3.41. The van der Waals surface area contributed by atoms with E-state index in [1.165, 1.54) is 0 Å². The Balaban J connectivity index is 1.76. The summed E-state index contributed by atoms with van der Waals surface area (Å²) < 4.78 is 1.80. The van der Waals surface area contributed by atoms with Gasteiger partial charge in [-0.1, -0.05) is 6.07 Å². The Morgan fingerprint density at radius 2 is 2.38 bits per heavy atom. The molecule has 4 nitrogen and oxygen atoms in total. The van der Waals surface area contributed by atoms with Crippen molar-refractivity contribution in [1.82, 2.24) is 14.7 Å². The minimum absolute atomic E-state index is 0.0944. The van der Waals surface area contributed by atoms with Crippen LogP contribution in [-0.4, -0.2) is 27.1 Å². The molecular formula is C16H19N3OS. The van der Waals surface area contributed by atoms with Gasteiger partial charge in [-0.15, -0.1) is 11.3 Å². The van der Waals surface area contributed by atoms with Crippen molar-refractivity contribution < 1.29 is 4.79 Å². The monoisotopic (exact) mass is 301 g/mol. The number of thiophene rings is 1. The largest absolute Gasteiger partial charge is 0.332 e. The topological polar surface area (TPSA) is 38.1 Å². The third kappa shape index (κ3) is 3.24. The van der Waals surface area contributed by atoms with Crippen LogP contribution in [0.4, 0.5) is 0 Å². The fourth-order valence-electron chi connectivity index (χ4n) is 2.79. The lowest BCUT2D eigenvalue weighted by Crippen LogP contribution is -2.37. The Kier molecular flexibility index (Phi) is 4.20. The van der Waals surface area contributed by atoms with Gasteiger partial charge in [-0.2, -0.15) is 5.10 Å². The molecule has 3 heterocycles. The molecule has 0 aromatic carbocycles. The first-order valence-corrected chi connectivity index (χ1v) is 8.13. The van der Waals surface area contributed by atoms with Crippen molar-refractivity contribution in [3.63, 3.8) is 0 Å². The van der Waals surface area contributed by atoms with E-state index >= 15 is 0 Å². The van der Waals surface area contributed by atoms with Crippen molar-refractivity contribution in [3.05, 3.63) is 46.4 Å². The summed E-state index contributed by atoms with van der Waals surface area (Å²) >= 11 is 1.64. The smallest absolute Gasteiger partial charge is 0.247 e. The van der Waals surface area contributed by atoms with Crippen LogP contribution in [0.3, 0.4) is 0 Å².